The quantitative estimate of drug-likeness (QED) is 0.535. The largest absolute Gasteiger partial charge is 0.508 e. The third kappa shape index (κ3) is 3.20. The van der Waals surface area contributed by atoms with Gasteiger partial charge < -0.3 is 25.3 Å². The highest BCUT2D eigenvalue weighted by Crippen LogP contribution is 2.37. The highest BCUT2D eigenvalue weighted by atomic mass is 16.4. The fourth-order valence-corrected chi connectivity index (χ4v) is 3.62. The van der Waals surface area contributed by atoms with Crippen molar-refractivity contribution in [2.45, 2.75) is 26.3 Å². The Hall–Kier alpha value is -3.75. The summed E-state index contributed by atoms with van der Waals surface area (Å²) in [7, 11) is 0. The molecule has 2 aromatic carbocycles. The van der Waals surface area contributed by atoms with E-state index in [1.807, 2.05) is 13.0 Å². The molecule has 0 radical (unpaired) electrons. The van der Waals surface area contributed by atoms with Crippen LogP contribution in [-0.2, 0) is 19.4 Å². The SMILES string of the molecule is CCc1cc(-c2nnc(O)n2-c2ccc3c(c2)CN(C(=O)O)CC3)c(O)cc1O. The number of phenolic OH excluding ortho intramolecular Hbond substituents is 2. The number of hydrogen-bond acceptors (Lipinski definition) is 6. The molecule has 1 aliphatic heterocycles. The van der Waals surface area contributed by atoms with Gasteiger partial charge in [-0.05, 0) is 47.7 Å². The summed E-state index contributed by atoms with van der Waals surface area (Å²) in [5.74, 6) is -0.00417. The van der Waals surface area contributed by atoms with Crippen LogP contribution in [-0.4, -0.2) is 52.7 Å². The zero-order valence-corrected chi connectivity index (χ0v) is 15.7. The number of aromatic nitrogens is 3. The molecule has 0 unspecified atom stereocenters. The molecule has 0 bridgehead atoms. The summed E-state index contributed by atoms with van der Waals surface area (Å²) in [6.07, 6.45) is 0.181. The zero-order chi connectivity index (χ0) is 20.7. The van der Waals surface area contributed by atoms with Crippen molar-refractivity contribution in [2.24, 2.45) is 0 Å². The average Bonchev–Trinajstić information content (AvgIpc) is 3.08. The first-order chi connectivity index (χ1) is 13.9. The Morgan fingerprint density at radius 1 is 1.07 bits per heavy atom. The van der Waals surface area contributed by atoms with Crippen molar-refractivity contribution in [2.75, 3.05) is 6.54 Å². The first kappa shape index (κ1) is 18.6. The number of nitrogens with zero attached hydrogens (tertiary/aromatic N) is 4. The number of carbonyl (C=O) groups is 1. The van der Waals surface area contributed by atoms with E-state index in [1.54, 1.807) is 18.2 Å². The second kappa shape index (κ2) is 7.01. The van der Waals surface area contributed by atoms with E-state index < -0.39 is 6.09 Å². The van der Waals surface area contributed by atoms with Gasteiger partial charge in [-0.2, -0.15) is 0 Å². The van der Waals surface area contributed by atoms with Crippen LogP contribution in [0.4, 0.5) is 4.79 Å². The number of hydrogen-bond donors (Lipinski definition) is 4. The second-order valence-corrected chi connectivity index (χ2v) is 6.92. The summed E-state index contributed by atoms with van der Waals surface area (Å²) >= 11 is 0. The number of rotatable bonds is 3. The summed E-state index contributed by atoms with van der Waals surface area (Å²) in [4.78, 5) is 12.6. The lowest BCUT2D eigenvalue weighted by atomic mass is 9.99. The number of benzene rings is 2. The highest BCUT2D eigenvalue weighted by molar-refractivity contribution is 5.70. The molecule has 1 aliphatic rings. The van der Waals surface area contributed by atoms with E-state index in [4.69, 9.17) is 0 Å². The third-order valence-corrected chi connectivity index (χ3v) is 5.20. The Bertz CT molecular complexity index is 1110. The number of carboxylic acid groups (broad SMARTS) is 1. The lowest BCUT2D eigenvalue weighted by Crippen LogP contribution is -2.34. The third-order valence-electron chi connectivity index (χ3n) is 5.20. The monoisotopic (exact) mass is 396 g/mol. The summed E-state index contributed by atoms with van der Waals surface area (Å²) in [6, 6.07) is 7.95. The summed E-state index contributed by atoms with van der Waals surface area (Å²) < 4.78 is 1.38. The minimum absolute atomic E-state index is 0.0217. The van der Waals surface area contributed by atoms with Gasteiger partial charge in [0.05, 0.1) is 11.3 Å². The molecule has 4 rings (SSSR count). The second-order valence-electron chi connectivity index (χ2n) is 6.92. The van der Waals surface area contributed by atoms with E-state index in [2.05, 4.69) is 10.2 Å². The number of aryl methyl sites for hydroxylation is 1. The van der Waals surface area contributed by atoms with E-state index in [1.165, 1.54) is 15.5 Å². The van der Waals surface area contributed by atoms with Gasteiger partial charge in [-0.3, -0.25) is 0 Å². The van der Waals surface area contributed by atoms with Gasteiger partial charge in [0.2, 0.25) is 0 Å². The van der Waals surface area contributed by atoms with Crippen LogP contribution in [0.1, 0.15) is 23.6 Å². The van der Waals surface area contributed by atoms with E-state index in [9.17, 15) is 25.2 Å². The van der Waals surface area contributed by atoms with E-state index >= 15 is 0 Å². The van der Waals surface area contributed by atoms with Gasteiger partial charge in [-0.25, -0.2) is 9.36 Å². The number of fused-ring (bicyclic) bond motifs is 1. The van der Waals surface area contributed by atoms with Crippen molar-refractivity contribution in [1.82, 2.24) is 19.7 Å². The molecule has 2 heterocycles. The summed E-state index contributed by atoms with van der Waals surface area (Å²) in [5, 5.41) is 47.6. The Morgan fingerprint density at radius 2 is 1.86 bits per heavy atom. The molecule has 0 fully saturated rings. The van der Waals surface area contributed by atoms with Crippen LogP contribution in [0.25, 0.3) is 17.1 Å². The molecule has 0 atom stereocenters. The van der Waals surface area contributed by atoms with Crippen molar-refractivity contribution < 1.29 is 25.2 Å². The standard InChI is InChI=1S/C20H20N4O5/c1-2-11-8-15(17(26)9-16(11)25)18-21-22-19(27)24(18)14-4-3-12-5-6-23(20(28)29)10-13(12)7-14/h3-4,7-9,25-26H,2,5-6,10H2,1H3,(H,22,27)(H,28,29). The minimum atomic E-state index is -0.977. The molecule has 1 aromatic heterocycles. The topological polar surface area (TPSA) is 132 Å². The van der Waals surface area contributed by atoms with Crippen LogP contribution in [0.2, 0.25) is 0 Å². The molecule has 4 N–H and O–H groups in total. The fraction of sp³-hybridized carbons (Fsp3) is 0.250. The summed E-state index contributed by atoms with van der Waals surface area (Å²) in [5.41, 5.74) is 3.35. The first-order valence-electron chi connectivity index (χ1n) is 9.18. The van der Waals surface area contributed by atoms with Gasteiger partial charge in [-0.1, -0.05) is 18.1 Å². The Kier molecular flexibility index (Phi) is 4.50. The van der Waals surface area contributed by atoms with Crippen molar-refractivity contribution in [1.29, 1.82) is 0 Å². The summed E-state index contributed by atoms with van der Waals surface area (Å²) in [6.45, 7) is 2.56. The van der Waals surface area contributed by atoms with Gasteiger partial charge in [0.15, 0.2) is 5.82 Å². The maximum absolute atomic E-state index is 11.3. The Morgan fingerprint density at radius 3 is 2.59 bits per heavy atom. The van der Waals surface area contributed by atoms with Crippen molar-refractivity contribution in [3.63, 3.8) is 0 Å². The lowest BCUT2D eigenvalue weighted by Gasteiger charge is -2.27. The average molecular weight is 396 g/mol. The zero-order valence-electron chi connectivity index (χ0n) is 15.7. The van der Waals surface area contributed by atoms with Gasteiger partial charge >= 0.3 is 12.1 Å². The Balaban J connectivity index is 1.82. The van der Waals surface area contributed by atoms with Gasteiger partial charge in [0, 0.05) is 19.2 Å². The molecule has 29 heavy (non-hydrogen) atoms. The van der Waals surface area contributed by atoms with Crippen LogP contribution in [0, 0.1) is 0 Å². The van der Waals surface area contributed by atoms with Gasteiger partial charge in [-0.15, -0.1) is 5.10 Å². The normalized spacial score (nSPS) is 13.3. The molecule has 9 nitrogen and oxygen atoms in total. The minimum Gasteiger partial charge on any atom is -0.508 e. The predicted molar refractivity (Wildman–Crippen MR) is 103 cm³/mol. The molecule has 0 spiro atoms. The molecule has 3 aromatic rings. The van der Waals surface area contributed by atoms with Crippen LogP contribution in [0.5, 0.6) is 17.5 Å². The molecule has 1 amide bonds. The Labute approximate surface area is 166 Å². The first-order valence-corrected chi connectivity index (χ1v) is 9.18. The maximum atomic E-state index is 11.3. The maximum Gasteiger partial charge on any atom is 0.407 e. The molecule has 0 saturated heterocycles. The molecular weight excluding hydrogens is 376 g/mol. The fourth-order valence-electron chi connectivity index (χ4n) is 3.62. The molecule has 0 aliphatic carbocycles. The van der Waals surface area contributed by atoms with E-state index in [0.717, 1.165) is 11.1 Å². The van der Waals surface area contributed by atoms with Crippen LogP contribution < -0.4 is 0 Å². The highest BCUT2D eigenvalue weighted by Gasteiger charge is 2.23. The van der Waals surface area contributed by atoms with Crippen molar-refractivity contribution in [3.8, 4) is 34.6 Å². The molecular formula is C20H20N4O5. The molecule has 0 saturated carbocycles. The predicted octanol–water partition coefficient (Wildman–Crippen LogP) is 2.65. The van der Waals surface area contributed by atoms with Crippen LogP contribution in [0.3, 0.4) is 0 Å². The van der Waals surface area contributed by atoms with E-state index in [-0.39, 0.29) is 29.9 Å². The van der Waals surface area contributed by atoms with Gasteiger partial charge in [0.1, 0.15) is 11.5 Å². The van der Waals surface area contributed by atoms with Crippen molar-refractivity contribution >= 4 is 6.09 Å². The smallest absolute Gasteiger partial charge is 0.407 e. The van der Waals surface area contributed by atoms with Crippen LogP contribution >= 0.6 is 0 Å². The van der Waals surface area contributed by atoms with Crippen LogP contribution in [0.15, 0.2) is 30.3 Å². The van der Waals surface area contributed by atoms with E-state index in [0.29, 0.717) is 36.2 Å². The molecule has 9 heteroatoms. The number of amides is 1. The van der Waals surface area contributed by atoms with Gasteiger partial charge in [0.25, 0.3) is 0 Å². The lowest BCUT2D eigenvalue weighted by molar-refractivity contribution is 0.140. The number of phenols is 2. The molecule has 150 valence electrons. The van der Waals surface area contributed by atoms with Crippen molar-refractivity contribution in [3.05, 3.63) is 47.0 Å². The number of aromatic hydroxyl groups is 3.